The maximum Gasteiger partial charge on any atom is 0.287 e. The minimum absolute atomic E-state index is 0.0265. The highest BCUT2D eigenvalue weighted by molar-refractivity contribution is 5.16. The molecule has 128 valence electrons. The van der Waals surface area contributed by atoms with Gasteiger partial charge in [0.25, 0.3) is 5.70 Å². The SMILES string of the molecule is CC.CC/C=C\C(OC1CCCC[C@@H]1OC)=C(/CC)[N+](=O)[O-]. The van der Waals surface area contributed by atoms with Gasteiger partial charge in [-0.1, -0.05) is 40.2 Å². The average Bonchev–Trinajstić information content (AvgIpc) is 2.55. The monoisotopic (exact) mass is 313 g/mol. The van der Waals surface area contributed by atoms with Crippen LogP contribution in [-0.2, 0) is 9.47 Å². The molecule has 1 unspecified atom stereocenters. The molecule has 22 heavy (non-hydrogen) atoms. The van der Waals surface area contributed by atoms with E-state index in [1.54, 1.807) is 20.1 Å². The maximum atomic E-state index is 11.1. The first-order valence-electron chi connectivity index (χ1n) is 8.37. The Labute approximate surface area is 134 Å². The van der Waals surface area contributed by atoms with Crippen LogP contribution in [0.5, 0.6) is 0 Å². The molecule has 5 nitrogen and oxygen atoms in total. The third kappa shape index (κ3) is 6.60. The van der Waals surface area contributed by atoms with Crippen molar-refractivity contribution in [2.75, 3.05) is 7.11 Å². The van der Waals surface area contributed by atoms with Crippen LogP contribution >= 0.6 is 0 Å². The molecule has 0 aromatic rings. The first kappa shape index (κ1) is 20.6. The van der Waals surface area contributed by atoms with Gasteiger partial charge in [0.2, 0.25) is 0 Å². The Morgan fingerprint density at radius 3 is 2.27 bits per heavy atom. The molecule has 1 saturated carbocycles. The molecule has 1 rings (SSSR count). The van der Waals surface area contributed by atoms with Gasteiger partial charge in [-0.3, -0.25) is 10.1 Å². The lowest BCUT2D eigenvalue weighted by Gasteiger charge is -2.30. The van der Waals surface area contributed by atoms with Crippen molar-refractivity contribution < 1.29 is 14.4 Å². The normalized spacial score (nSPS) is 22.6. The number of methoxy groups -OCH3 is 1. The van der Waals surface area contributed by atoms with Crippen molar-refractivity contribution in [3.8, 4) is 0 Å². The van der Waals surface area contributed by atoms with Gasteiger partial charge in [0.1, 0.15) is 6.10 Å². The fraction of sp³-hybridized carbons (Fsp3) is 0.765. The summed E-state index contributed by atoms with van der Waals surface area (Å²) >= 11 is 0. The molecule has 0 aliphatic heterocycles. The van der Waals surface area contributed by atoms with E-state index >= 15 is 0 Å². The van der Waals surface area contributed by atoms with Crippen LogP contribution in [0.3, 0.4) is 0 Å². The van der Waals surface area contributed by atoms with Gasteiger partial charge in [0, 0.05) is 13.5 Å². The number of nitro groups is 1. The Balaban J connectivity index is 0.00000211. The van der Waals surface area contributed by atoms with Gasteiger partial charge in [0.05, 0.1) is 11.0 Å². The van der Waals surface area contributed by atoms with Crippen LogP contribution in [-0.4, -0.2) is 24.2 Å². The molecule has 0 radical (unpaired) electrons. The largest absolute Gasteiger partial charge is 0.481 e. The number of rotatable bonds is 7. The summed E-state index contributed by atoms with van der Waals surface area (Å²) in [4.78, 5) is 10.8. The van der Waals surface area contributed by atoms with Crippen LogP contribution in [0.4, 0.5) is 0 Å². The number of nitrogens with zero attached hydrogens (tertiary/aromatic N) is 1. The predicted molar refractivity (Wildman–Crippen MR) is 89.2 cm³/mol. The highest BCUT2D eigenvalue weighted by Gasteiger charge is 2.29. The quantitative estimate of drug-likeness (QED) is 0.292. The molecule has 0 N–H and O–H groups in total. The molecule has 0 aromatic carbocycles. The van der Waals surface area contributed by atoms with Crippen LogP contribution < -0.4 is 0 Å². The van der Waals surface area contributed by atoms with Gasteiger partial charge < -0.3 is 9.47 Å². The number of hydrogen-bond donors (Lipinski definition) is 0. The van der Waals surface area contributed by atoms with Crippen molar-refractivity contribution in [1.29, 1.82) is 0 Å². The summed E-state index contributed by atoms with van der Waals surface area (Å²) < 4.78 is 11.4. The van der Waals surface area contributed by atoms with Crippen LogP contribution in [0.2, 0.25) is 0 Å². The van der Waals surface area contributed by atoms with Gasteiger partial charge in [-0.2, -0.15) is 0 Å². The third-order valence-corrected chi connectivity index (χ3v) is 3.57. The zero-order valence-corrected chi connectivity index (χ0v) is 14.6. The van der Waals surface area contributed by atoms with E-state index in [1.807, 2.05) is 26.8 Å². The summed E-state index contributed by atoms with van der Waals surface area (Å²) in [5.41, 5.74) is 0.134. The van der Waals surface area contributed by atoms with Crippen molar-refractivity contribution in [2.45, 2.75) is 78.4 Å². The summed E-state index contributed by atoms with van der Waals surface area (Å²) in [5, 5.41) is 11.1. The van der Waals surface area contributed by atoms with Crippen LogP contribution in [0.15, 0.2) is 23.6 Å². The molecule has 0 aromatic heterocycles. The van der Waals surface area contributed by atoms with Gasteiger partial charge in [-0.15, -0.1) is 0 Å². The molecule has 0 bridgehead atoms. The first-order valence-corrected chi connectivity index (χ1v) is 8.37. The lowest BCUT2D eigenvalue weighted by Crippen LogP contribution is -2.34. The van der Waals surface area contributed by atoms with E-state index in [0.717, 1.165) is 32.1 Å². The van der Waals surface area contributed by atoms with E-state index in [1.165, 1.54) is 0 Å². The fourth-order valence-corrected chi connectivity index (χ4v) is 2.45. The summed E-state index contributed by atoms with van der Waals surface area (Å²) in [6, 6.07) is 0. The molecule has 5 heteroatoms. The minimum Gasteiger partial charge on any atom is -0.481 e. The Morgan fingerprint density at radius 1 is 1.23 bits per heavy atom. The number of allylic oxidation sites excluding steroid dienone is 3. The van der Waals surface area contributed by atoms with Crippen molar-refractivity contribution in [1.82, 2.24) is 0 Å². The Morgan fingerprint density at radius 2 is 1.82 bits per heavy atom. The summed E-state index contributed by atoms with van der Waals surface area (Å²) in [7, 11) is 1.67. The van der Waals surface area contributed by atoms with Crippen LogP contribution in [0, 0.1) is 10.1 Å². The molecule has 1 fully saturated rings. The van der Waals surface area contributed by atoms with E-state index in [-0.39, 0.29) is 22.8 Å². The van der Waals surface area contributed by atoms with Gasteiger partial charge in [0.15, 0.2) is 5.76 Å². The van der Waals surface area contributed by atoms with Gasteiger partial charge in [-0.05, 0) is 31.8 Å². The standard InChI is InChI=1S/C15H25NO4.C2H6/c1-4-6-9-13(12(5-2)16(17)18)20-15-11-8-7-10-14(15)19-3;1-2/h6,9,14-15H,4-5,7-8,10-11H2,1-3H3;1-2H3/b9-6-,13-12-;/t14-,15?;/m0./s1. The number of ether oxygens (including phenoxy) is 2. The predicted octanol–water partition coefficient (Wildman–Crippen LogP) is 4.85. The fourth-order valence-electron chi connectivity index (χ4n) is 2.45. The Hall–Kier alpha value is -1.36. The van der Waals surface area contributed by atoms with Gasteiger partial charge >= 0.3 is 0 Å². The maximum absolute atomic E-state index is 11.1. The van der Waals surface area contributed by atoms with Crippen molar-refractivity contribution in [3.63, 3.8) is 0 Å². The van der Waals surface area contributed by atoms with E-state index in [9.17, 15) is 10.1 Å². The van der Waals surface area contributed by atoms with Crippen LogP contribution in [0.25, 0.3) is 0 Å². The highest BCUT2D eigenvalue weighted by Crippen LogP contribution is 2.27. The second kappa shape index (κ2) is 12.2. The molecule has 0 amide bonds. The second-order valence-corrected chi connectivity index (χ2v) is 4.95. The molecule has 0 heterocycles. The zero-order valence-electron chi connectivity index (χ0n) is 14.6. The van der Waals surface area contributed by atoms with Crippen LogP contribution in [0.1, 0.15) is 66.2 Å². The summed E-state index contributed by atoms with van der Waals surface area (Å²) in [6.07, 6.45) is 8.75. The second-order valence-electron chi connectivity index (χ2n) is 4.95. The molecule has 1 aliphatic rings. The lowest BCUT2D eigenvalue weighted by molar-refractivity contribution is -0.430. The van der Waals surface area contributed by atoms with Gasteiger partial charge in [-0.25, -0.2) is 0 Å². The van der Waals surface area contributed by atoms with Crippen molar-refractivity contribution in [2.24, 2.45) is 0 Å². The molecular formula is C17H31NO4. The topological polar surface area (TPSA) is 61.6 Å². The first-order chi connectivity index (χ1) is 10.6. The lowest BCUT2D eigenvalue weighted by atomic mass is 9.94. The van der Waals surface area contributed by atoms with E-state index in [2.05, 4.69) is 0 Å². The number of hydrogen-bond acceptors (Lipinski definition) is 4. The molecule has 0 spiro atoms. The minimum atomic E-state index is -0.347. The molecular weight excluding hydrogens is 282 g/mol. The van der Waals surface area contributed by atoms with E-state index in [4.69, 9.17) is 9.47 Å². The summed E-state index contributed by atoms with van der Waals surface area (Å²) in [5.74, 6) is 0.383. The third-order valence-electron chi connectivity index (χ3n) is 3.57. The highest BCUT2D eigenvalue weighted by atomic mass is 16.6. The molecule has 2 atom stereocenters. The molecule has 1 aliphatic carbocycles. The van der Waals surface area contributed by atoms with Crippen molar-refractivity contribution in [3.05, 3.63) is 33.7 Å². The zero-order chi connectivity index (χ0) is 17.0. The average molecular weight is 313 g/mol. The Bertz CT molecular complexity index is 377. The van der Waals surface area contributed by atoms with E-state index < -0.39 is 0 Å². The Kier molecular flexibility index (Phi) is 11.5. The summed E-state index contributed by atoms with van der Waals surface area (Å²) in [6.45, 7) is 7.76. The van der Waals surface area contributed by atoms with Crippen molar-refractivity contribution >= 4 is 0 Å². The molecule has 0 saturated heterocycles. The smallest absolute Gasteiger partial charge is 0.287 e. The van der Waals surface area contributed by atoms with E-state index in [0.29, 0.717) is 12.2 Å².